The fourth-order valence-electron chi connectivity index (χ4n) is 4.42. The average molecular weight is 365 g/mol. The predicted molar refractivity (Wildman–Crippen MR) is 107 cm³/mol. The number of fused-ring (bicyclic) bond motifs is 1. The molecule has 1 fully saturated rings. The number of anilines is 1. The van der Waals surface area contributed by atoms with Gasteiger partial charge in [-0.3, -0.25) is 9.88 Å². The fraction of sp³-hybridized carbons (Fsp3) is 0.455. The number of nitrogens with zero attached hydrogens (tertiary/aromatic N) is 3. The van der Waals surface area contributed by atoms with Crippen LogP contribution in [0.2, 0.25) is 0 Å². The van der Waals surface area contributed by atoms with Crippen molar-refractivity contribution >= 4 is 12.0 Å². The van der Waals surface area contributed by atoms with E-state index in [0.717, 1.165) is 56.3 Å². The Labute approximate surface area is 160 Å². The Morgan fingerprint density at radius 3 is 2.93 bits per heavy atom. The van der Waals surface area contributed by atoms with E-state index in [-0.39, 0.29) is 18.7 Å². The van der Waals surface area contributed by atoms with Gasteiger partial charge in [-0.1, -0.05) is 6.07 Å². The quantitative estimate of drug-likeness (QED) is 0.826. The van der Waals surface area contributed by atoms with Gasteiger partial charge in [-0.05, 0) is 67.1 Å². The zero-order valence-electron chi connectivity index (χ0n) is 15.8. The van der Waals surface area contributed by atoms with Crippen LogP contribution in [0.4, 0.5) is 5.69 Å². The van der Waals surface area contributed by atoms with E-state index in [1.807, 2.05) is 19.4 Å². The van der Waals surface area contributed by atoms with Crippen molar-refractivity contribution in [1.82, 2.24) is 9.88 Å². The molecule has 5 heteroatoms. The second-order valence-corrected chi connectivity index (χ2v) is 7.73. The van der Waals surface area contributed by atoms with E-state index < -0.39 is 0 Å². The van der Waals surface area contributed by atoms with Gasteiger partial charge in [0.25, 0.3) is 0 Å². The van der Waals surface area contributed by atoms with Crippen molar-refractivity contribution in [3.05, 3.63) is 47.8 Å². The summed E-state index contributed by atoms with van der Waals surface area (Å²) in [6, 6.07) is 8.94. The molecular weight excluding hydrogens is 338 g/mol. The minimum absolute atomic E-state index is 0.0201. The molecule has 2 aliphatic heterocycles. The number of carbonyl (C=O) groups is 1. The molecule has 5 nitrogen and oxygen atoms in total. The number of aryl methyl sites for hydroxylation is 1. The molecule has 2 aromatic rings. The number of likely N-dealkylation sites (tertiary alicyclic amines) is 1. The Kier molecular flexibility index (Phi) is 5.23. The SMILES string of the molecule is CN1c2ccc(-c3cncc(CN4CCCC4CO)c3)cc2CCC1C=O. The van der Waals surface area contributed by atoms with Crippen LogP contribution >= 0.6 is 0 Å². The first-order valence-electron chi connectivity index (χ1n) is 9.80. The maximum Gasteiger partial charge on any atom is 0.142 e. The topological polar surface area (TPSA) is 56.7 Å². The highest BCUT2D eigenvalue weighted by molar-refractivity contribution is 5.73. The number of benzene rings is 1. The lowest BCUT2D eigenvalue weighted by atomic mass is 9.93. The molecular formula is C22H27N3O2. The summed E-state index contributed by atoms with van der Waals surface area (Å²) in [5, 5.41) is 9.53. The van der Waals surface area contributed by atoms with Crippen molar-refractivity contribution in [2.45, 2.75) is 44.3 Å². The first kappa shape index (κ1) is 18.1. The minimum Gasteiger partial charge on any atom is -0.395 e. The first-order chi connectivity index (χ1) is 13.2. The molecule has 0 bridgehead atoms. The third kappa shape index (κ3) is 3.62. The van der Waals surface area contributed by atoms with E-state index in [1.165, 1.54) is 16.7 Å². The van der Waals surface area contributed by atoms with Crippen molar-refractivity contribution in [1.29, 1.82) is 0 Å². The minimum atomic E-state index is -0.0201. The van der Waals surface area contributed by atoms with Gasteiger partial charge in [-0.25, -0.2) is 0 Å². The van der Waals surface area contributed by atoms with E-state index in [1.54, 1.807) is 0 Å². The maximum atomic E-state index is 11.2. The van der Waals surface area contributed by atoms with Crippen molar-refractivity contribution in [3.63, 3.8) is 0 Å². The summed E-state index contributed by atoms with van der Waals surface area (Å²) < 4.78 is 0. The molecule has 1 N–H and O–H groups in total. The van der Waals surface area contributed by atoms with Crippen LogP contribution in [0, 0.1) is 0 Å². The third-order valence-electron chi connectivity index (χ3n) is 6.05. The monoisotopic (exact) mass is 365 g/mol. The summed E-state index contributed by atoms with van der Waals surface area (Å²) in [4.78, 5) is 20.1. The van der Waals surface area contributed by atoms with Crippen molar-refractivity contribution in [3.8, 4) is 11.1 Å². The Hall–Kier alpha value is -2.24. The molecule has 142 valence electrons. The normalized spacial score (nSPS) is 22.7. The number of likely N-dealkylation sites (N-methyl/N-ethyl adjacent to an activating group) is 1. The average Bonchev–Trinajstić information content (AvgIpc) is 3.15. The van der Waals surface area contributed by atoms with Crippen molar-refractivity contribution in [2.75, 3.05) is 25.1 Å². The number of aldehydes is 1. The Bertz CT molecular complexity index is 823. The molecule has 0 amide bonds. The number of aliphatic hydroxyl groups is 1. The summed E-state index contributed by atoms with van der Waals surface area (Å²) in [5.74, 6) is 0. The summed E-state index contributed by atoms with van der Waals surface area (Å²) in [5.41, 5.74) is 5.91. The van der Waals surface area contributed by atoms with Gasteiger partial charge in [0, 0.05) is 43.3 Å². The summed E-state index contributed by atoms with van der Waals surface area (Å²) >= 11 is 0. The summed E-state index contributed by atoms with van der Waals surface area (Å²) in [6.45, 7) is 2.10. The molecule has 1 aromatic heterocycles. The van der Waals surface area contributed by atoms with Crippen LogP contribution in [-0.2, 0) is 17.8 Å². The molecule has 1 aromatic carbocycles. The molecule has 4 rings (SSSR count). The Morgan fingerprint density at radius 1 is 1.22 bits per heavy atom. The maximum absolute atomic E-state index is 11.2. The molecule has 0 spiro atoms. The Morgan fingerprint density at radius 2 is 2.11 bits per heavy atom. The van der Waals surface area contributed by atoms with Crippen molar-refractivity contribution < 1.29 is 9.90 Å². The largest absolute Gasteiger partial charge is 0.395 e. The smallest absolute Gasteiger partial charge is 0.142 e. The molecule has 2 aliphatic rings. The number of hydrogen-bond donors (Lipinski definition) is 1. The zero-order chi connectivity index (χ0) is 18.8. The van der Waals surface area contributed by atoms with Crippen LogP contribution in [-0.4, -0.2) is 53.6 Å². The molecule has 27 heavy (non-hydrogen) atoms. The molecule has 3 heterocycles. The van der Waals surface area contributed by atoms with E-state index >= 15 is 0 Å². The molecule has 1 saturated heterocycles. The lowest BCUT2D eigenvalue weighted by molar-refractivity contribution is -0.109. The lowest BCUT2D eigenvalue weighted by Crippen LogP contribution is -2.37. The summed E-state index contributed by atoms with van der Waals surface area (Å²) in [6.07, 6.45) is 8.91. The highest BCUT2D eigenvalue weighted by Gasteiger charge is 2.24. The Balaban J connectivity index is 1.57. The molecule has 2 atom stereocenters. The van der Waals surface area contributed by atoms with E-state index in [9.17, 15) is 9.90 Å². The zero-order valence-corrected chi connectivity index (χ0v) is 15.8. The van der Waals surface area contributed by atoms with Crippen LogP contribution in [0.15, 0.2) is 36.7 Å². The number of aliphatic hydroxyl groups excluding tert-OH is 1. The predicted octanol–water partition coefficient (Wildman–Crippen LogP) is 2.66. The van der Waals surface area contributed by atoms with Crippen LogP contribution in [0.25, 0.3) is 11.1 Å². The van der Waals surface area contributed by atoms with Crippen LogP contribution in [0.1, 0.15) is 30.4 Å². The number of aromatic nitrogens is 1. The lowest BCUT2D eigenvalue weighted by Gasteiger charge is -2.33. The molecule has 0 radical (unpaired) electrons. The van der Waals surface area contributed by atoms with Gasteiger partial charge < -0.3 is 14.8 Å². The second-order valence-electron chi connectivity index (χ2n) is 7.73. The van der Waals surface area contributed by atoms with Gasteiger partial charge in [0.2, 0.25) is 0 Å². The van der Waals surface area contributed by atoms with Crippen LogP contribution in [0.5, 0.6) is 0 Å². The van der Waals surface area contributed by atoms with Gasteiger partial charge in [0.1, 0.15) is 6.29 Å². The molecule has 0 saturated carbocycles. The van der Waals surface area contributed by atoms with Gasteiger partial charge in [0.05, 0.1) is 12.6 Å². The van der Waals surface area contributed by atoms with Crippen LogP contribution < -0.4 is 4.90 Å². The summed E-state index contributed by atoms with van der Waals surface area (Å²) in [7, 11) is 1.99. The van der Waals surface area contributed by atoms with Crippen LogP contribution in [0.3, 0.4) is 0 Å². The second kappa shape index (κ2) is 7.79. The number of rotatable bonds is 5. The van der Waals surface area contributed by atoms with E-state index in [2.05, 4.69) is 39.0 Å². The van der Waals surface area contributed by atoms with Gasteiger partial charge in [-0.15, -0.1) is 0 Å². The molecule has 0 aliphatic carbocycles. The number of hydrogen-bond acceptors (Lipinski definition) is 5. The van der Waals surface area contributed by atoms with E-state index in [0.29, 0.717) is 0 Å². The first-order valence-corrected chi connectivity index (χ1v) is 9.80. The van der Waals surface area contributed by atoms with Gasteiger partial charge >= 0.3 is 0 Å². The number of pyridine rings is 1. The number of carbonyl (C=O) groups excluding carboxylic acids is 1. The third-order valence-corrected chi connectivity index (χ3v) is 6.05. The van der Waals surface area contributed by atoms with Crippen molar-refractivity contribution in [2.24, 2.45) is 0 Å². The highest BCUT2D eigenvalue weighted by Crippen LogP contribution is 2.33. The molecule has 2 unspecified atom stereocenters. The van der Waals surface area contributed by atoms with E-state index in [4.69, 9.17) is 0 Å². The van der Waals surface area contributed by atoms with Gasteiger partial charge in [0.15, 0.2) is 0 Å². The fourth-order valence-corrected chi connectivity index (χ4v) is 4.42. The standard InChI is InChI=1S/C22H27N3O2/c1-24-20(14-26)6-4-18-10-17(5-7-22(18)24)19-9-16(11-23-12-19)13-25-8-2-3-21(25)15-27/h5,7,9-12,14,20-21,27H,2-4,6,8,13,15H2,1H3. The highest BCUT2D eigenvalue weighted by atomic mass is 16.3. The van der Waals surface area contributed by atoms with Gasteiger partial charge in [-0.2, -0.15) is 0 Å².